The zero-order valence-corrected chi connectivity index (χ0v) is 18.2. The summed E-state index contributed by atoms with van der Waals surface area (Å²) in [6, 6.07) is 5.26. The number of aromatic nitrogens is 2. The van der Waals surface area contributed by atoms with E-state index in [-0.39, 0.29) is 29.4 Å². The zero-order chi connectivity index (χ0) is 22.2. The minimum atomic E-state index is -0.507. The van der Waals surface area contributed by atoms with E-state index in [1.165, 1.54) is 6.07 Å². The minimum absolute atomic E-state index is 0.0429. The number of nitrogens with zero attached hydrogens (tertiary/aromatic N) is 2. The van der Waals surface area contributed by atoms with Crippen LogP contribution in [0, 0.1) is 5.41 Å². The van der Waals surface area contributed by atoms with E-state index in [4.69, 9.17) is 4.74 Å². The van der Waals surface area contributed by atoms with Gasteiger partial charge < -0.3 is 19.9 Å². The van der Waals surface area contributed by atoms with Gasteiger partial charge in [-0.05, 0) is 36.5 Å². The van der Waals surface area contributed by atoms with Crippen LogP contribution in [0.2, 0.25) is 0 Å². The number of H-pyrrole nitrogens is 1. The topological polar surface area (TPSA) is 104 Å². The van der Waals surface area contributed by atoms with Crippen molar-refractivity contribution in [3.05, 3.63) is 57.1 Å². The number of fused-ring (bicyclic) bond motifs is 1. The van der Waals surface area contributed by atoms with Gasteiger partial charge in [-0.1, -0.05) is 19.9 Å². The SMILES string of the molecule is CC1CN(c2ccc(CNC(=O)c3cc4c([nH]c3=O)CC(C)(C)CC4=O)cn2)CCO1. The molecule has 0 aromatic carbocycles. The van der Waals surface area contributed by atoms with E-state index in [9.17, 15) is 14.4 Å². The van der Waals surface area contributed by atoms with Gasteiger partial charge in [0.1, 0.15) is 11.4 Å². The molecule has 1 aliphatic carbocycles. The lowest BCUT2D eigenvalue weighted by Gasteiger charge is -2.32. The number of ether oxygens (including phenoxy) is 1. The Morgan fingerprint density at radius 3 is 2.84 bits per heavy atom. The summed E-state index contributed by atoms with van der Waals surface area (Å²) < 4.78 is 5.56. The van der Waals surface area contributed by atoms with Crippen LogP contribution in [0.5, 0.6) is 0 Å². The second-order valence-corrected chi connectivity index (χ2v) is 9.18. The molecule has 2 aromatic rings. The molecule has 1 fully saturated rings. The number of anilines is 1. The molecule has 0 radical (unpaired) electrons. The van der Waals surface area contributed by atoms with Gasteiger partial charge in [-0.3, -0.25) is 14.4 Å². The van der Waals surface area contributed by atoms with Crippen LogP contribution in [0.3, 0.4) is 0 Å². The smallest absolute Gasteiger partial charge is 0.261 e. The number of carbonyl (C=O) groups is 2. The molecule has 8 heteroatoms. The Balaban J connectivity index is 1.43. The van der Waals surface area contributed by atoms with Crippen LogP contribution in [0.15, 0.2) is 29.2 Å². The quantitative estimate of drug-likeness (QED) is 0.779. The van der Waals surface area contributed by atoms with Gasteiger partial charge in [0.2, 0.25) is 0 Å². The van der Waals surface area contributed by atoms with E-state index in [0.717, 1.165) is 24.5 Å². The van der Waals surface area contributed by atoms with Crippen molar-refractivity contribution in [1.29, 1.82) is 0 Å². The number of Topliss-reactive ketones (excluding diaryl/α,β-unsaturated/α-hetero) is 1. The first-order chi connectivity index (χ1) is 14.7. The highest BCUT2D eigenvalue weighted by Gasteiger charge is 2.32. The van der Waals surface area contributed by atoms with Crippen molar-refractivity contribution < 1.29 is 14.3 Å². The molecule has 3 heterocycles. The Morgan fingerprint density at radius 1 is 1.32 bits per heavy atom. The molecule has 1 saturated heterocycles. The van der Waals surface area contributed by atoms with Crippen LogP contribution < -0.4 is 15.8 Å². The lowest BCUT2D eigenvalue weighted by Crippen LogP contribution is -2.41. The Hall–Kier alpha value is -3.00. The van der Waals surface area contributed by atoms with Gasteiger partial charge in [0.05, 0.1) is 12.7 Å². The third-order valence-electron chi connectivity index (χ3n) is 5.79. The largest absolute Gasteiger partial charge is 0.375 e. The lowest BCUT2D eigenvalue weighted by molar-refractivity contribution is 0.0529. The molecule has 31 heavy (non-hydrogen) atoms. The number of aromatic amines is 1. The number of ketones is 1. The van der Waals surface area contributed by atoms with Crippen LogP contribution in [-0.4, -0.2) is 47.5 Å². The highest BCUT2D eigenvalue weighted by molar-refractivity contribution is 6.02. The average Bonchev–Trinajstić information content (AvgIpc) is 2.71. The highest BCUT2D eigenvalue weighted by atomic mass is 16.5. The molecule has 0 saturated carbocycles. The standard InChI is InChI=1S/C23H28N4O4/c1-14-13-27(6-7-31-14)20-5-4-15(11-24-20)12-25-21(29)17-8-16-18(26-22(17)30)9-23(2,3)10-19(16)28/h4-5,8,11,14H,6-7,9-10,12-13H2,1-3H3,(H,25,29)(H,26,30). The van der Waals surface area contributed by atoms with Crippen LogP contribution in [0.25, 0.3) is 0 Å². The Kier molecular flexibility index (Phi) is 5.66. The van der Waals surface area contributed by atoms with Gasteiger partial charge in [0.15, 0.2) is 5.78 Å². The second kappa shape index (κ2) is 8.26. The van der Waals surface area contributed by atoms with Gasteiger partial charge in [-0.25, -0.2) is 4.98 Å². The number of nitrogens with one attached hydrogen (secondary N) is 2. The van der Waals surface area contributed by atoms with Gasteiger partial charge in [0.25, 0.3) is 11.5 Å². The number of rotatable bonds is 4. The second-order valence-electron chi connectivity index (χ2n) is 9.18. The van der Waals surface area contributed by atoms with E-state index < -0.39 is 11.5 Å². The zero-order valence-electron chi connectivity index (χ0n) is 18.2. The van der Waals surface area contributed by atoms with E-state index in [1.54, 1.807) is 6.20 Å². The maximum absolute atomic E-state index is 12.6. The molecule has 4 rings (SSSR count). The molecule has 8 nitrogen and oxygen atoms in total. The lowest BCUT2D eigenvalue weighted by atomic mass is 9.75. The van der Waals surface area contributed by atoms with Crippen molar-refractivity contribution in [2.75, 3.05) is 24.6 Å². The number of carbonyl (C=O) groups excluding carboxylic acids is 2. The normalized spacial score (nSPS) is 20.3. The predicted octanol–water partition coefficient (Wildman–Crippen LogP) is 2.08. The summed E-state index contributed by atoms with van der Waals surface area (Å²) in [6.45, 7) is 8.52. The fraction of sp³-hybridized carbons (Fsp3) is 0.478. The van der Waals surface area contributed by atoms with E-state index in [1.807, 2.05) is 32.9 Å². The Bertz CT molecular complexity index is 1060. The van der Waals surface area contributed by atoms with E-state index in [0.29, 0.717) is 30.7 Å². The molecule has 0 spiro atoms. The first-order valence-electron chi connectivity index (χ1n) is 10.6. The third kappa shape index (κ3) is 4.69. The van der Waals surface area contributed by atoms with Gasteiger partial charge in [0, 0.05) is 43.5 Å². The van der Waals surface area contributed by atoms with Crippen molar-refractivity contribution in [2.45, 2.75) is 46.3 Å². The minimum Gasteiger partial charge on any atom is -0.375 e. The summed E-state index contributed by atoms with van der Waals surface area (Å²) in [5.74, 6) is 0.319. The monoisotopic (exact) mass is 424 g/mol. The van der Waals surface area contributed by atoms with Crippen LogP contribution in [-0.2, 0) is 17.7 Å². The van der Waals surface area contributed by atoms with Crippen molar-refractivity contribution >= 4 is 17.5 Å². The van der Waals surface area contributed by atoms with E-state index >= 15 is 0 Å². The number of pyridine rings is 2. The molecule has 1 aliphatic heterocycles. The first kappa shape index (κ1) is 21.2. The Labute approximate surface area is 181 Å². The highest BCUT2D eigenvalue weighted by Crippen LogP contribution is 2.33. The maximum atomic E-state index is 12.6. The first-order valence-corrected chi connectivity index (χ1v) is 10.6. The number of amides is 1. The molecule has 164 valence electrons. The summed E-state index contributed by atoms with van der Waals surface area (Å²) in [5, 5.41) is 2.76. The van der Waals surface area contributed by atoms with Crippen molar-refractivity contribution in [3.8, 4) is 0 Å². The summed E-state index contributed by atoms with van der Waals surface area (Å²) >= 11 is 0. The molecule has 1 amide bonds. The molecule has 2 aromatic heterocycles. The molecule has 2 aliphatic rings. The number of hydrogen-bond acceptors (Lipinski definition) is 6. The summed E-state index contributed by atoms with van der Waals surface area (Å²) in [4.78, 5) is 47.0. The molecular formula is C23H28N4O4. The van der Waals surface area contributed by atoms with Crippen molar-refractivity contribution in [1.82, 2.24) is 15.3 Å². The predicted molar refractivity (Wildman–Crippen MR) is 117 cm³/mol. The summed E-state index contributed by atoms with van der Waals surface area (Å²) in [7, 11) is 0. The molecule has 1 atom stereocenters. The van der Waals surface area contributed by atoms with Gasteiger partial charge in [-0.2, -0.15) is 0 Å². The number of hydrogen-bond donors (Lipinski definition) is 2. The summed E-state index contributed by atoms with van der Waals surface area (Å²) in [6.07, 6.45) is 2.89. The fourth-order valence-corrected chi connectivity index (χ4v) is 4.21. The maximum Gasteiger partial charge on any atom is 0.261 e. The van der Waals surface area contributed by atoms with Crippen LogP contribution in [0.1, 0.15) is 59.2 Å². The van der Waals surface area contributed by atoms with Crippen LogP contribution >= 0.6 is 0 Å². The van der Waals surface area contributed by atoms with Gasteiger partial charge >= 0.3 is 0 Å². The third-order valence-corrected chi connectivity index (χ3v) is 5.79. The average molecular weight is 425 g/mol. The molecular weight excluding hydrogens is 396 g/mol. The molecule has 1 unspecified atom stereocenters. The van der Waals surface area contributed by atoms with Crippen LogP contribution in [0.4, 0.5) is 5.82 Å². The summed E-state index contributed by atoms with van der Waals surface area (Å²) in [5.41, 5.74) is 1.16. The van der Waals surface area contributed by atoms with Crippen molar-refractivity contribution in [2.24, 2.45) is 5.41 Å². The Morgan fingerprint density at radius 2 is 2.13 bits per heavy atom. The molecule has 0 bridgehead atoms. The van der Waals surface area contributed by atoms with Crippen molar-refractivity contribution in [3.63, 3.8) is 0 Å². The number of morpholine rings is 1. The molecule has 2 N–H and O–H groups in total. The van der Waals surface area contributed by atoms with E-state index in [2.05, 4.69) is 20.2 Å². The fourth-order valence-electron chi connectivity index (χ4n) is 4.21. The van der Waals surface area contributed by atoms with Gasteiger partial charge in [-0.15, -0.1) is 0 Å².